The molecule has 0 aliphatic carbocycles. The van der Waals surface area contributed by atoms with Crippen LogP contribution in [0.15, 0.2) is 54.6 Å². The lowest BCUT2D eigenvalue weighted by atomic mass is 10.1. The number of nitrogens with zero attached hydrogens (tertiary/aromatic N) is 1. The van der Waals surface area contributed by atoms with Crippen LogP contribution in [0.4, 0.5) is 5.69 Å². The van der Waals surface area contributed by atoms with Crippen LogP contribution in [0.5, 0.6) is 0 Å². The van der Waals surface area contributed by atoms with Crippen LogP contribution in [0, 0.1) is 0 Å². The van der Waals surface area contributed by atoms with Gasteiger partial charge in [0.1, 0.15) is 0 Å². The van der Waals surface area contributed by atoms with E-state index in [1.54, 1.807) is 0 Å². The molecule has 0 atom stereocenters. The number of rotatable bonds is 5. The molecule has 2 aromatic rings. The molecule has 3 rings (SSSR count). The summed E-state index contributed by atoms with van der Waals surface area (Å²) in [6.45, 7) is 5.48. The lowest BCUT2D eigenvalue weighted by molar-refractivity contribution is -0.895. The lowest BCUT2D eigenvalue weighted by Gasteiger charge is -2.32. The fourth-order valence-electron chi connectivity index (χ4n) is 3.27. The third kappa shape index (κ3) is 4.70. The number of benzene rings is 2. The first-order valence-electron chi connectivity index (χ1n) is 9.22. The minimum atomic E-state index is 0.0242. The Bertz CT molecular complexity index is 753. The van der Waals surface area contributed by atoms with Crippen LogP contribution < -0.4 is 10.2 Å². The zero-order valence-electron chi connectivity index (χ0n) is 15.2. The van der Waals surface area contributed by atoms with E-state index in [1.165, 1.54) is 10.5 Å². The molecule has 2 aromatic carbocycles. The molecular weight excluding hydrogens is 326 g/mol. The van der Waals surface area contributed by atoms with Crippen LogP contribution >= 0.6 is 0 Å². The monoisotopic (exact) mass is 352 g/mol. The van der Waals surface area contributed by atoms with Gasteiger partial charge in [0.2, 0.25) is 0 Å². The fourth-order valence-corrected chi connectivity index (χ4v) is 3.27. The quantitative estimate of drug-likeness (QED) is 0.850. The number of hydrogen-bond acceptors (Lipinski definition) is 2. The maximum Gasteiger partial charge on any atom is 0.279 e. The molecule has 0 radical (unpaired) electrons. The predicted octanol–water partition coefficient (Wildman–Crippen LogP) is 1.23. The normalized spacial score (nSPS) is 14.9. The maximum atomic E-state index is 12.5. The maximum absolute atomic E-state index is 12.5. The molecule has 0 unspecified atom stereocenters. The number of piperazine rings is 1. The Kier molecular flexibility index (Phi) is 6.02. The van der Waals surface area contributed by atoms with E-state index in [0.29, 0.717) is 19.6 Å². The number of quaternary nitrogens is 1. The third-order valence-electron chi connectivity index (χ3n) is 4.81. The first-order valence-corrected chi connectivity index (χ1v) is 9.22. The average Bonchev–Trinajstić information content (AvgIpc) is 2.69. The first-order chi connectivity index (χ1) is 12.7. The van der Waals surface area contributed by atoms with Crippen molar-refractivity contribution in [3.8, 4) is 0 Å². The highest BCUT2D eigenvalue weighted by Gasteiger charge is 2.25. The standard InChI is InChI=1S/C21H25N3O2/c1-2-17-7-6-10-19(15-17)22-20(25)16-23-11-13-24(14-12-23)21(26)18-8-4-3-5-9-18/h3-10,15H,2,11-14,16H2,1H3,(H,22,25)/p+1. The number of anilines is 1. The molecule has 1 saturated heterocycles. The van der Waals surface area contributed by atoms with Crippen molar-refractivity contribution in [3.05, 3.63) is 65.7 Å². The largest absolute Gasteiger partial charge is 0.327 e. The van der Waals surface area contributed by atoms with Gasteiger partial charge in [0.25, 0.3) is 11.8 Å². The Balaban J connectivity index is 1.47. The Morgan fingerprint density at radius 2 is 1.77 bits per heavy atom. The summed E-state index contributed by atoms with van der Waals surface area (Å²) in [6.07, 6.45) is 0.951. The molecule has 136 valence electrons. The van der Waals surface area contributed by atoms with E-state index < -0.39 is 0 Å². The van der Waals surface area contributed by atoms with Crippen molar-refractivity contribution in [1.82, 2.24) is 4.90 Å². The summed E-state index contributed by atoms with van der Waals surface area (Å²) in [5.74, 6) is 0.0987. The summed E-state index contributed by atoms with van der Waals surface area (Å²) in [5, 5.41) is 2.98. The van der Waals surface area contributed by atoms with Crippen molar-refractivity contribution in [2.45, 2.75) is 13.3 Å². The van der Waals surface area contributed by atoms with E-state index in [9.17, 15) is 9.59 Å². The topological polar surface area (TPSA) is 53.9 Å². The van der Waals surface area contributed by atoms with E-state index in [-0.39, 0.29) is 11.8 Å². The van der Waals surface area contributed by atoms with Crippen molar-refractivity contribution in [2.24, 2.45) is 0 Å². The van der Waals surface area contributed by atoms with E-state index >= 15 is 0 Å². The summed E-state index contributed by atoms with van der Waals surface area (Å²) in [7, 11) is 0. The molecule has 1 aliphatic heterocycles. The Hall–Kier alpha value is -2.66. The van der Waals surface area contributed by atoms with Gasteiger partial charge in [0, 0.05) is 11.3 Å². The predicted molar refractivity (Wildman–Crippen MR) is 102 cm³/mol. The molecule has 1 heterocycles. The SMILES string of the molecule is CCc1cccc(NC(=O)C[NH+]2CCN(C(=O)c3ccccc3)CC2)c1. The van der Waals surface area contributed by atoms with Crippen molar-refractivity contribution >= 4 is 17.5 Å². The van der Waals surface area contributed by atoms with Gasteiger partial charge in [-0.2, -0.15) is 0 Å². The number of nitrogens with one attached hydrogen (secondary N) is 2. The molecule has 2 amide bonds. The van der Waals surface area contributed by atoms with Gasteiger partial charge in [-0.05, 0) is 36.2 Å². The van der Waals surface area contributed by atoms with E-state index in [0.717, 1.165) is 30.8 Å². The minimum Gasteiger partial charge on any atom is -0.327 e. The van der Waals surface area contributed by atoms with Gasteiger partial charge in [0.15, 0.2) is 6.54 Å². The van der Waals surface area contributed by atoms with Crippen molar-refractivity contribution in [3.63, 3.8) is 0 Å². The highest BCUT2D eigenvalue weighted by molar-refractivity contribution is 5.94. The summed E-state index contributed by atoms with van der Waals surface area (Å²) in [4.78, 5) is 27.9. The van der Waals surface area contributed by atoms with Crippen molar-refractivity contribution < 1.29 is 14.5 Å². The fraction of sp³-hybridized carbons (Fsp3) is 0.333. The van der Waals surface area contributed by atoms with Gasteiger partial charge in [0.05, 0.1) is 26.2 Å². The molecule has 5 heteroatoms. The molecule has 5 nitrogen and oxygen atoms in total. The van der Waals surface area contributed by atoms with Gasteiger partial charge >= 0.3 is 0 Å². The lowest BCUT2D eigenvalue weighted by Crippen LogP contribution is -3.15. The van der Waals surface area contributed by atoms with Crippen LogP contribution in [0.2, 0.25) is 0 Å². The number of aryl methyl sites for hydroxylation is 1. The van der Waals surface area contributed by atoms with Crippen LogP contribution in [0.3, 0.4) is 0 Å². The second-order valence-corrected chi connectivity index (χ2v) is 6.69. The third-order valence-corrected chi connectivity index (χ3v) is 4.81. The molecule has 0 aromatic heterocycles. The average molecular weight is 352 g/mol. The summed E-state index contributed by atoms with van der Waals surface area (Å²) in [6, 6.07) is 17.3. The van der Waals surface area contributed by atoms with Crippen molar-refractivity contribution in [2.75, 3.05) is 38.0 Å². The summed E-state index contributed by atoms with van der Waals surface area (Å²) in [5.41, 5.74) is 2.79. The minimum absolute atomic E-state index is 0.0242. The van der Waals surface area contributed by atoms with Gasteiger partial charge < -0.3 is 15.1 Å². The number of hydrogen-bond donors (Lipinski definition) is 2. The van der Waals surface area contributed by atoms with Crippen molar-refractivity contribution in [1.29, 1.82) is 0 Å². The zero-order chi connectivity index (χ0) is 18.4. The molecule has 26 heavy (non-hydrogen) atoms. The number of amides is 2. The van der Waals surface area contributed by atoms with Crippen LogP contribution in [0.25, 0.3) is 0 Å². The molecule has 2 N–H and O–H groups in total. The zero-order valence-corrected chi connectivity index (χ0v) is 15.2. The van der Waals surface area contributed by atoms with Gasteiger partial charge in [-0.1, -0.05) is 37.3 Å². The number of carbonyl (C=O) groups excluding carboxylic acids is 2. The molecule has 0 saturated carbocycles. The second-order valence-electron chi connectivity index (χ2n) is 6.69. The molecular formula is C21H26N3O2+. The molecule has 0 bridgehead atoms. The molecule has 1 aliphatic rings. The van der Waals surface area contributed by atoms with Gasteiger partial charge in [-0.15, -0.1) is 0 Å². The smallest absolute Gasteiger partial charge is 0.279 e. The van der Waals surface area contributed by atoms with Gasteiger partial charge in [-0.3, -0.25) is 9.59 Å². The Morgan fingerprint density at radius 3 is 2.46 bits per heavy atom. The number of carbonyl (C=O) groups is 2. The second kappa shape index (κ2) is 8.63. The molecule has 0 spiro atoms. The Labute approximate surface area is 154 Å². The van der Waals surface area contributed by atoms with Crippen LogP contribution in [0.1, 0.15) is 22.8 Å². The van der Waals surface area contributed by atoms with Gasteiger partial charge in [-0.25, -0.2) is 0 Å². The van der Waals surface area contributed by atoms with Crippen LogP contribution in [-0.4, -0.2) is 49.4 Å². The van der Waals surface area contributed by atoms with E-state index in [4.69, 9.17) is 0 Å². The van der Waals surface area contributed by atoms with E-state index in [2.05, 4.69) is 18.3 Å². The Morgan fingerprint density at radius 1 is 1.04 bits per heavy atom. The highest BCUT2D eigenvalue weighted by atomic mass is 16.2. The summed E-state index contributed by atoms with van der Waals surface area (Å²) >= 11 is 0. The van der Waals surface area contributed by atoms with Crippen LogP contribution in [-0.2, 0) is 11.2 Å². The first kappa shape index (κ1) is 18.1. The van der Waals surface area contributed by atoms with E-state index in [1.807, 2.05) is 53.4 Å². The summed E-state index contributed by atoms with van der Waals surface area (Å²) < 4.78 is 0. The highest BCUT2D eigenvalue weighted by Crippen LogP contribution is 2.10. The molecule has 1 fully saturated rings.